The van der Waals surface area contributed by atoms with Gasteiger partial charge in [-0.3, -0.25) is 4.79 Å². The Labute approximate surface area is 162 Å². The van der Waals surface area contributed by atoms with Crippen molar-refractivity contribution in [2.24, 2.45) is 11.8 Å². The van der Waals surface area contributed by atoms with Gasteiger partial charge in [-0.05, 0) is 49.7 Å². The van der Waals surface area contributed by atoms with Crippen LogP contribution in [0.15, 0.2) is 48.5 Å². The molecule has 2 aromatic carbocycles. The lowest BCUT2D eigenvalue weighted by molar-refractivity contribution is 0.0780. The third-order valence-corrected chi connectivity index (χ3v) is 5.69. The van der Waals surface area contributed by atoms with Gasteiger partial charge < -0.3 is 14.5 Å². The molecule has 2 atom stereocenters. The van der Waals surface area contributed by atoms with Crippen molar-refractivity contribution in [3.8, 4) is 16.9 Å². The summed E-state index contributed by atoms with van der Waals surface area (Å²) in [6.07, 6.45) is 0. The molecule has 4 nitrogen and oxygen atoms in total. The molecule has 4 heteroatoms. The number of ether oxygens (including phenoxy) is 1. The molecule has 0 N–H and O–H groups in total. The second-order valence-electron chi connectivity index (χ2n) is 7.93. The van der Waals surface area contributed by atoms with Crippen molar-refractivity contribution < 1.29 is 9.53 Å². The Hall–Kier alpha value is -2.33. The highest BCUT2D eigenvalue weighted by atomic mass is 16.5. The molecule has 1 heterocycles. The number of methoxy groups -OCH3 is 1. The van der Waals surface area contributed by atoms with Crippen molar-refractivity contribution in [3.63, 3.8) is 0 Å². The monoisotopic (exact) mass is 366 g/mol. The average Bonchev–Trinajstić information content (AvgIpc) is 3.13. The SMILES string of the molecule is COc1ccccc1-c1ccc(C(=O)N2C[C@@H](N(C)C)[C@H](C(C)C)C2)cc1. The molecule has 3 rings (SSSR count). The number of rotatable bonds is 5. The van der Waals surface area contributed by atoms with Gasteiger partial charge in [0.15, 0.2) is 0 Å². The molecule has 144 valence electrons. The van der Waals surface area contributed by atoms with Crippen LogP contribution in [0.4, 0.5) is 0 Å². The Morgan fingerprint density at radius 2 is 1.74 bits per heavy atom. The highest BCUT2D eigenvalue weighted by Gasteiger charge is 2.38. The van der Waals surface area contributed by atoms with E-state index in [4.69, 9.17) is 4.74 Å². The average molecular weight is 367 g/mol. The van der Waals surface area contributed by atoms with Crippen molar-refractivity contribution >= 4 is 5.91 Å². The lowest BCUT2D eigenvalue weighted by Crippen LogP contribution is -2.37. The molecule has 0 saturated carbocycles. The Morgan fingerprint density at radius 3 is 2.30 bits per heavy atom. The fourth-order valence-electron chi connectivity index (χ4n) is 4.04. The van der Waals surface area contributed by atoms with E-state index in [0.717, 1.165) is 35.5 Å². The molecular formula is C23H30N2O2. The summed E-state index contributed by atoms with van der Waals surface area (Å²) in [5.41, 5.74) is 2.83. The zero-order valence-corrected chi connectivity index (χ0v) is 17.0. The zero-order chi connectivity index (χ0) is 19.6. The minimum atomic E-state index is 0.122. The topological polar surface area (TPSA) is 32.8 Å². The number of amides is 1. The molecule has 0 radical (unpaired) electrons. The quantitative estimate of drug-likeness (QED) is 0.801. The number of likely N-dealkylation sites (tertiary alicyclic amines) is 1. The Kier molecular flexibility index (Phi) is 5.85. The lowest BCUT2D eigenvalue weighted by atomic mass is 9.91. The van der Waals surface area contributed by atoms with Gasteiger partial charge in [-0.15, -0.1) is 0 Å². The Balaban J connectivity index is 1.78. The molecule has 1 aliphatic rings. The molecule has 2 aromatic rings. The van der Waals surface area contributed by atoms with Crippen LogP contribution < -0.4 is 4.74 Å². The molecule has 0 unspecified atom stereocenters. The number of carbonyl (C=O) groups is 1. The van der Waals surface area contributed by atoms with E-state index >= 15 is 0 Å². The van der Waals surface area contributed by atoms with E-state index in [9.17, 15) is 4.79 Å². The van der Waals surface area contributed by atoms with Crippen LogP contribution in [-0.2, 0) is 0 Å². The van der Waals surface area contributed by atoms with Crippen molar-refractivity contribution in [1.82, 2.24) is 9.80 Å². The Bertz CT molecular complexity index is 767. The highest BCUT2D eigenvalue weighted by molar-refractivity contribution is 5.95. The van der Waals surface area contributed by atoms with E-state index in [1.807, 2.05) is 53.4 Å². The van der Waals surface area contributed by atoms with Crippen LogP contribution in [0.1, 0.15) is 24.2 Å². The fourth-order valence-corrected chi connectivity index (χ4v) is 4.04. The van der Waals surface area contributed by atoms with Gasteiger partial charge in [0.1, 0.15) is 5.75 Å². The summed E-state index contributed by atoms with van der Waals surface area (Å²) < 4.78 is 5.45. The third kappa shape index (κ3) is 4.01. The third-order valence-electron chi connectivity index (χ3n) is 5.69. The summed E-state index contributed by atoms with van der Waals surface area (Å²) in [4.78, 5) is 17.3. The van der Waals surface area contributed by atoms with Crippen LogP contribution in [0.2, 0.25) is 0 Å². The lowest BCUT2D eigenvalue weighted by Gasteiger charge is -2.27. The molecule has 0 bridgehead atoms. The van der Waals surface area contributed by atoms with Crippen molar-refractivity contribution in [2.75, 3.05) is 34.3 Å². The number of carbonyl (C=O) groups excluding carboxylic acids is 1. The van der Waals surface area contributed by atoms with Gasteiger partial charge in [0, 0.05) is 30.3 Å². The van der Waals surface area contributed by atoms with Crippen LogP contribution in [0.25, 0.3) is 11.1 Å². The number of para-hydroxylation sites is 1. The van der Waals surface area contributed by atoms with E-state index in [2.05, 4.69) is 32.8 Å². The summed E-state index contributed by atoms with van der Waals surface area (Å²) in [5, 5.41) is 0. The van der Waals surface area contributed by atoms with Crippen LogP contribution in [0.3, 0.4) is 0 Å². The highest BCUT2D eigenvalue weighted by Crippen LogP contribution is 2.31. The first-order chi connectivity index (χ1) is 12.9. The number of benzene rings is 2. The van der Waals surface area contributed by atoms with Gasteiger partial charge in [-0.25, -0.2) is 0 Å². The largest absolute Gasteiger partial charge is 0.496 e. The fraction of sp³-hybridized carbons (Fsp3) is 0.435. The molecule has 1 aliphatic heterocycles. The maximum absolute atomic E-state index is 13.0. The maximum Gasteiger partial charge on any atom is 0.253 e. The standard InChI is InChI=1S/C23H30N2O2/c1-16(2)20-14-25(15-21(20)24(3)4)23(26)18-12-10-17(11-13-18)19-8-6-7-9-22(19)27-5/h6-13,16,20-21H,14-15H2,1-5H3/t20-,21+/m0/s1. The van der Waals surface area contributed by atoms with Gasteiger partial charge in [0.2, 0.25) is 0 Å². The van der Waals surface area contributed by atoms with Crippen molar-refractivity contribution in [3.05, 3.63) is 54.1 Å². The molecule has 1 fully saturated rings. The van der Waals surface area contributed by atoms with Crippen LogP contribution in [-0.4, -0.2) is 56.0 Å². The van der Waals surface area contributed by atoms with Gasteiger partial charge in [-0.1, -0.05) is 44.2 Å². The summed E-state index contributed by atoms with van der Waals surface area (Å²) in [6, 6.07) is 16.2. The van der Waals surface area contributed by atoms with Gasteiger partial charge in [-0.2, -0.15) is 0 Å². The molecule has 0 aliphatic carbocycles. The van der Waals surface area contributed by atoms with E-state index < -0.39 is 0 Å². The van der Waals surface area contributed by atoms with Gasteiger partial charge in [0.05, 0.1) is 7.11 Å². The van der Waals surface area contributed by atoms with Crippen LogP contribution in [0.5, 0.6) is 5.75 Å². The number of hydrogen-bond donors (Lipinski definition) is 0. The number of nitrogens with zero attached hydrogens (tertiary/aromatic N) is 2. The summed E-state index contributed by atoms with van der Waals surface area (Å²) in [6.45, 7) is 6.12. The first-order valence-electron chi connectivity index (χ1n) is 9.61. The minimum Gasteiger partial charge on any atom is -0.496 e. The molecule has 0 aromatic heterocycles. The number of hydrogen-bond acceptors (Lipinski definition) is 3. The molecule has 1 saturated heterocycles. The van der Waals surface area contributed by atoms with Gasteiger partial charge >= 0.3 is 0 Å². The van der Waals surface area contributed by atoms with Crippen LogP contribution >= 0.6 is 0 Å². The number of likely N-dealkylation sites (N-methyl/N-ethyl adjacent to an activating group) is 1. The maximum atomic E-state index is 13.0. The zero-order valence-electron chi connectivity index (χ0n) is 17.0. The van der Waals surface area contributed by atoms with Gasteiger partial charge in [0.25, 0.3) is 5.91 Å². The van der Waals surface area contributed by atoms with E-state index in [1.165, 1.54) is 0 Å². The normalized spacial score (nSPS) is 19.7. The summed E-state index contributed by atoms with van der Waals surface area (Å²) in [7, 11) is 5.89. The van der Waals surface area contributed by atoms with Crippen molar-refractivity contribution in [1.29, 1.82) is 0 Å². The summed E-state index contributed by atoms with van der Waals surface area (Å²) >= 11 is 0. The van der Waals surface area contributed by atoms with Crippen LogP contribution in [0, 0.1) is 11.8 Å². The van der Waals surface area contributed by atoms with E-state index in [1.54, 1.807) is 7.11 Å². The molecule has 0 spiro atoms. The Morgan fingerprint density at radius 1 is 1.07 bits per heavy atom. The first kappa shape index (κ1) is 19.4. The second-order valence-corrected chi connectivity index (χ2v) is 7.93. The van der Waals surface area contributed by atoms with Crippen molar-refractivity contribution in [2.45, 2.75) is 19.9 Å². The predicted molar refractivity (Wildman–Crippen MR) is 110 cm³/mol. The smallest absolute Gasteiger partial charge is 0.253 e. The minimum absolute atomic E-state index is 0.122. The first-order valence-corrected chi connectivity index (χ1v) is 9.61. The molecular weight excluding hydrogens is 336 g/mol. The van der Waals surface area contributed by atoms with E-state index in [0.29, 0.717) is 17.9 Å². The summed E-state index contributed by atoms with van der Waals surface area (Å²) in [5.74, 6) is 2.03. The predicted octanol–water partition coefficient (Wildman–Crippen LogP) is 4.02. The van der Waals surface area contributed by atoms with E-state index in [-0.39, 0.29) is 5.91 Å². The molecule has 27 heavy (non-hydrogen) atoms. The second kappa shape index (κ2) is 8.13. The molecule has 1 amide bonds.